The Balaban J connectivity index is 2.44. The minimum atomic E-state index is 0.0662. The zero-order valence-corrected chi connectivity index (χ0v) is 11.5. The van der Waals surface area contributed by atoms with Gasteiger partial charge in [0, 0.05) is 16.2 Å². The van der Waals surface area contributed by atoms with E-state index in [9.17, 15) is 4.79 Å². The van der Waals surface area contributed by atoms with Gasteiger partial charge in [0.15, 0.2) is 0 Å². The molecule has 17 heavy (non-hydrogen) atoms. The van der Waals surface area contributed by atoms with Crippen molar-refractivity contribution in [3.63, 3.8) is 0 Å². The van der Waals surface area contributed by atoms with E-state index in [1.807, 2.05) is 31.3 Å². The number of hydrogen-bond acceptors (Lipinski definition) is 1. The van der Waals surface area contributed by atoms with E-state index >= 15 is 0 Å². The van der Waals surface area contributed by atoms with E-state index in [4.69, 9.17) is 0 Å². The first-order valence-corrected chi connectivity index (χ1v) is 6.28. The van der Waals surface area contributed by atoms with Crippen LogP contribution in [0, 0.1) is 13.8 Å². The lowest BCUT2D eigenvalue weighted by Gasteiger charge is -2.10. The normalized spacial score (nSPS) is 10.5. The molecule has 0 fully saturated rings. The lowest BCUT2D eigenvalue weighted by Crippen LogP contribution is -2.22. The molecule has 0 amide bonds. The van der Waals surface area contributed by atoms with Gasteiger partial charge in [-0.2, -0.15) is 0 Å². The second-order valence-corrected chi connectivity index (χ2v) is 5.12. The van der Waals surface area contributed by atoms with Crippen molar-refractivity contribution in [1.29, 1.82) is 0 Å². The van der Waals surface area contributed by atoms with E-state index in [-0.39, 0.29) is 5.56 Å². The zero-order chi connectivity index (χ0) is 12.4. The number of nitrogens with zero attached hydrogens (tertiary/aromatic N) is 1. The summed E-state index contributed by atoms with van der Waals surface area (Å²) in [6.45, 7) is 4.51. The molecule has 2 rings (SSSR count). The number of halogens is 1. The summed E-state index contributed by atoms with van der Waals surface area (Å²) in [5.41, 5.74) is 3.20. The van der Waals surface area contributed by atoms with Gasteiger partial charge in [0.1, 0.15) is 0 Å². The minimum absolute atomic E-state index is 0.0662. The summed E-state index contributed by atoms with van der Waals surface area (Å²) in [5, 5.41) is 0. The number of aromatic nitrogens is 1. The van der Waals surface area contributed by atoms with Gasteiger partial charge in [0.05, 0.1) is 6.54 Å². The van der Waals surface area contributed by atoms with E-state index < -0.39 is 0 Å². The van der Waals surface area contributed by atoms with E-state index in [1.54, 1.807) is 4.57 Å². The lowest BCUT2D eigenvalue weighted by atomic mass is 10.1. The third kappa shape index (κ3) is 2.67. The van der Waals surface area contributed by atoms with Gasteiger partial charge in [-0.25, -0.2) is 0 Å². The second-order valence-electron chi connectivity index (χ2n) is 4.20. The average Bonchev–Trinajstić information content (AvgIpc) is 2.28. The van der Waals surface area contributed by atoms with Crippen molar-refractivity contribution in [3.05, 3.63) is 68.0 Å². The van der Waals surface area contributed by atoms with Crippen molar-refractivity contribution in [2.45, 2.75) is 20.4 Å². The summed E-state index contributed by atoms with van der Waals surface area (Å²) in [5.74, 6) is 0. The molecule has 0 aliphatic heterocycles. The largest absolute Gasteiger partial charge is 0.310 e. The Morgan fingerprint density at radius 3 is 2.59 bits per heavy atom. The number of benzene rings is 1. The highest BCUT2D eigenvalue weighted by Crippen LogP contribution is 2.12. The van der Waals surface area contributed by atoms with Crippen molar-refractivity contribution in [1.82, 2.24) is 4.57 Å². The third-order valence-corrected chi connectivity index (χ3v) is 3.27. The Bertz CT molecular complexity index is 601. The van der Waals surface area contributed by atoms with Crippen molar-refractivity contribution in [3.8, 4) is 0 Å². The molecule has 2 nitrogen and oxygen atoms in total. The van der Waals surface area contributed by atoms with Crippen LogP contribution in [0.15, 0.2) is 45.8 Å². The Morgan fingerprint density at radius 2 is 1.88 bits per heavy atom. The van der Waals surface area contributed by atoms with Crippen molar-refractivity contribution in [2.24, 2.45) is 0 Å². The predicted molar refractivity (Wildman–Crippen MR) is 73.4 cm³/mol. The van der Waals surface area contributed by atoms with E-state index in [1.165, 1.54) is 11.1 Å². The molecule has 1 aromatic carbocycles. The van der Waals surface area contributed by atoms with Crippen LogP contribution in [0.3, 0.4) is 0 Å². The zero-order valence-electron chi connectivity index (χ0n) is 9.90. The fraction of sp³-hybridized carbons (Fsp3) is 0.214. The van der Waals surface area contributed by atoms with Gasteiger partial charge in [-0.15, -0.1) is 0 Å². The number of aryl methyl sites for hydroxylation is 2. The Kier molecular flexibility index (Phi) is 3.48. The Labute approximate surface area is 109 Å². The number of rotatable bonds is 2. The maximum Gasteiger partial charge on any atom is 0.253 e. The van der Waals surface area contributed by atoms with Crippen LogP contribution in [0.4, 0.5) is 0 Å². The maximum absolute atomic E-state index is 12.0. The standard InChI is InChI=1S/C14H14BrNO/c1-10-5-3-4-6-12(10)8-16-9-13(15)7-11(2)14(16)17/h3-7,9H,8H2,1-2H3. The fourth-order valence-electron chi connectivity index (χ4n) is 1.83. The lowest BCUT2D eigenvalue weighted by molar-refractivity contribution is 0.745. The van der Waals surface area contributed by atoms with Gasteiger partial charge in [-0.05, 0) is 47.0 Å². The molecule has 2 aromatic rings. The fourth-order valence-corrected chi connectivity index (χ4v) is 2.42. The molecule has 3 heteroatoms. The molecule has 0 unspecified atom stereocenters. The molecule has 0 spiro atoms. The highest BCUT2D eigenvalue weighted by molar-refractivity contribution is 9.10. The van der Waals surface area contributed by atoms with Crippen molar-refractivity contribution < 1.29 is 0 Å². The molecular weight excluding hydrogens is 278 g/mol. The number of hydrogen-bond donors (Lipinski definition) is 0. The molecule has 0 aliphatic carbocycles. The first kappa shape index (κ1) is 12.1. The summed E-state index contributed by atoms with van der Waals surface area (Å²) in [6, 6.07) is 9.96. The molecule has 1 aromatic heterocycles. The first-order chi connectivity index (χ1) is 8.08. The number of pyridine rings is 1. The summed E-state index contributed by atoms with van der Waals surface area (Å²) in [7, 11) is 0. The van der Waals surface area contributed by atoms with E-state index in [2.05, 4.69) is 35.0 Å². The average molecular weight is 292 g/mol. The predicted octanol–water partition coefficient (Wildman–Crippen LogP) is 3.28. The van der Waals surface area contributed by atoms with Crippen molar-refractivity contribution >= 4 is 15.9 Å². The first-order valence-electron chi connectivity index (χ1n) is 5.49. The van der Waals surface area contributed by atoms with Crippen LogP contribution in [0.1, 0.15) is 16.7 Å². The van der Waals surface area contributed by atoms with Crippen molar-refractivity contribution in [2.75, 3.05) is 0 Å². The highest BCUT2D eigenvalue weighted by atomic mass is 79.9. The molecule has 0 aliphatic rings. The molecule has 0 bridgehead atoms. The summed E-state index contributed by atoms with van der Waals surface area (Å²) < 4.78 is 2.67. The quantitative estimate of drug-likeness (QED) is 0.832. The molecule has 0 N–H and O–H groups in total. The van der Waals surface area contributed by atoms with Gasteiger partial charge in [0.2, 0.25) is 0 Å². The molecular formula is C14H14BrNO. The molecule has 1 heterocycles. The second kappa shape index (κ2) is 4.88. The highest BCUT2D eigenvalue weighted by Gasteiger charge is 2.04. The summed E-state index contributed by atoms with van der Waals surface area (Å²) in [6.07, 6.45) is 1.84. The van der Waals surface area contributed by atoms with E-state index in [0.29, 0.717) is 6.54 Å². The molecule has 0 radical (unpaired) electrons. The van der Waals surface area contributed by atoms with Gasteiger partial charge < -0.3 is 4.57 Å². The molecule has 0 saturated heterocycles. The Hall–Kier alpha value is -1.35. The van der Waals surface area contributed by atoms with Crippen LogP contribution in [0.2, 0.25) is 0 Å². The molecule has 88 valence electrons. The van der Waals surface area contributed by atoms with Crippen LogP contribution in [0.25, 0.3) is 0 Å². The Morgan fingerprint density at radius 1 is 1.18 bits per heavy atom. The van der Waals surface area contributed by atoms with E-state index in [0.717, 1.165) is 10.0 Å². The SMILES string of the molecule is Cc1ccccc1Cn1cc(Br)cc(C)c1=O. The minimum Gasteiger partial charge on any atom is -0.310 e. The van der Waals surface area contributed by atoms with Gasteiger partial charge in [-0.3, -0.25) is 4.79 Å². The van der Waals surface area contributed by atoms with Crippen LogP contribution in [-0.4, -0.2) is 4.57 Å². The monoisotopic (exact) mass is 291 g/mol. The maximum atomic E-state index is 12.0. The molecule has 0 atom stereocenters. The van der Waals surface area contributed by atoms with Gasteiger partial charge in [0.25, 0.3) is 5.56 Å². The van der Waals surface area contributed by atoms with Crippen LogP contribution < -0.4 is 5.56 Å². The van der Waals surface area contributed by atoms with Crippen LogP contribution >= 0.6 is 15.9 Å². The smallest absolute Gasteiger partial charge is 0.253 e. The molecule has 0 saturated carbocycles. The van der Waals surface area contributed by atoms with Gasteiger partial charge in [-0.1, -0.05) is 24.3 Å². The topological polar surface area (TPSA) is 22.0 Å². The van der Waals surface area contributed by atoms with Crippen LogP contribution in [-0.2, 0) is 6.54 Å². The third-order valence-electron chi connectivity index (χ3n) is 2.83. The van der Waals surface area contributed by atoms with Gasteiger partial charge >= 0.3 is 0 Å². The summed E-state index contributed by atoms with van der Waals surface area (Å²) >= 11 is 3.42. The summed E-state index contributed by atoms with van der Waals surface area (Å²) in [4.78, 5) is 12.0. The van der Waals surface area contributed by atoms with Crippen LogP contribution in [0.5, 0.6) is 0 Å².